The van der Waals surface area contributed by atoms with Crippen molar-refractivity contribution in [3.8, 4) is 11.8 Å². The number of hydrogen-bond donors (Lipinski definition) is 2. The van der Waals surface area contributed by atoms with E-state index in [1.54, 1.807) is 18.3 Å². The number of aromatic nitrogens is 1. The predicted molar refractivity (Wildman–Crippen MR) is 79.1 cm³/mol. The molecule has 3 N–H and O–H groups in total. The molecule has 1 saturated carbocycles. The van der Waals surface area contributed by atoms with Crippen molar-refractivity contribution in [3.63, 3.8) is 0 Å². The van der Waals surface area contributed by atoms with E-state index in [-0.39, 0.29) is 11.4 Å². The van der Waals surface area contributed by atoms with Crippen molar-refractivity contribution in [2.24, 2.45) is 5.73 Å². The van der Waals surface area contributed by atoms with Crippen LogP contribution in [0.1, 0.15) is 55.1 Å². The number of carbonyl (C=O) groups is 1. The second-order valence-corrected chi connectivity index (χ2v) is 5.51. The zero-order valence-corrected chi connectivity index (χ0v) is 11.9. The number of hydrogen-bond acceptors (Lipinski definition) is 3. The van der Waals surface area contributed by atoms with Crippen LogP contribution in [0.15, 0.2) is 18.3 Å². The van der Waals surface area contributed by atoms with Gasteiger partial charge in [-0.05, 0) is 31.9 Å². The molecule has 1 aromatic heterocycles. The molecule has 4 nitrogen and oxygen atoms in total. The molecule has 1 fully saturated rings. The van der Waals surface area contributed by atoms with Gasteiger partial charge in [0, 0.05) is 17.3 Å². The molecular formula is C16H21N3O. The molecule has 4 heteroatoms. The molecule has 0 spiro atoms. The first-order valence-electron chi connectivity index (χ1n) is 7.10. The number of nitrogens with two attached hydrogens (primary N) is 1. The summed E-state index contributed by atoms with van der Waals surface area (Å²) >= 11 is 0. The van der Waals surface area contributed by atoms with Gasteiger partial charge in [0.1, 0.15) is 5.69 Å². The zero-order chi connectivity index (χ0) is 14.4. The van der Waals surface area contributed by atoms with Gasteiger partial charge in [0.15, 0.2) is 0 Å². The Balaban J connectivity index is 2.02. The second-order valence-electron chi connectivity index (χ2n) is 5.51. The summed E-state index contributed by atoms with van der Waals surface area (Å²) < 4.78 is 0. The molecule has 0 atom stereocenters. The van der Waals surface area contributed by atoms with E-state index < -0.39 is 0 Å². The van der Waals surface area contributed by atoms with Gasteiger partial charge in [0.05, 0.1) is 6.54 Å². The van der Waals surface area contributed by atoms with Gasteiger partial charge < -0.3 is 11.1 Å². The molecule has 0 radical (unpaired) electrons. The van der Waals surface area contributed by atoms with E-state index in [4.69, 9.17) is 5.73 Å². The van der Waals surface area contributed by atoms with Crippen molar-refractivity contribution in [2.75, 3.05) is 6.54 Å². The van der Waals surface area contributed by atoms with Gasteiger partial charge in [-0.15, -0.1) is 0 Å². The number of nitrogens with zero attached hydrogens (tertiary/aromatic N) is 1. The highest BCUT2D eigenvalue weighted by atomic mass is 16.2. The van der Waals surface area contributed by atoms with E-state index >= 15 is 0 Å². The van der Waals surface area contributed by atoms with E-state index in [1.165, 1.54) is 19.3 Å². The average molecular weight is 271 g/mol. The number of rotatable bonds is 2. The van der Waals surface area contributed by atoms with E-state index in [0.717, 1.165) is 18.4 Å². The molecule has 1 amide bonds. The molecule has 20 heavy (non-hydrogen) atoms. The van der Waals surface area contributed by atoms with Gasteiger partial charge in [0.2, 0.25) is 0 Å². The quantitative estimate of drug-likeness (QED) is 0.807. The Labute approximate surface area is 120 Å². The molecule has 0 saturated heterocycles. The van der Waals surface area contributed by atoms with Gasteiger partial charge >= 0.3 is 0 Å². The second kappa shape index (κ2) is 6.53. The number of amides is 1. The largest absolute Gasteiger partial charge is 0.346 e. The maximum absolute atomic E-state index is 12.2. The molecule has 1 aromatic rings. The third kappa shape index (κ3) is 3.82. The fourth-order valence-electron chi connectivity index (χ4n) is 2.55. The summed E-state index contributed by atoms with van der Waals surface area (Å²) in [4.78, 5) is 16.4. The standard InChI is InChI=1S/C16H21N3O/c1-16(9-3-2-4-10-16)19-15(20)14-8-7-13(12-18-14)6-5-11-17/h7-8,12H,2-4,9-11,17H2,1H3,(H,19,20). The van der Waals surface area contributed by atoms with Crippen LogP contribution >= 0.6 is 0 Å². The van der Waals surface area contributed by atoms with E-state index in [0.29, 0.717) is 12.2 Å². The average Bonchev–Trinajstić information content (AvgIpc) is 2.46. The van der Waals surface area contributed by atoms with Crippen molar-refractivity contribution in [1.82, 2.24) is 10.3 Å². The molecule has 0 bridgehead atoms. The fourth-order valence-corrected chi connectivity index (χ4v) is 2.55. The number of carbonyl (C=O) groups excluding carboxylic acids is 1. The summed E-state index contributed by atoms with van der Waals surface area (Å²) in [5, 5.41) is 3.12. The SMILES string of the molecule is CC1(NC(=O)c2ccc(C#CCN)cn2)CCCCC1. The molecular weight excluding hydrogens is 250 g/mol. The van der Waals surface area contributed by atoms with Gasteiger partial charge in [-0.25, -0.2) is 4.98 Å². The Bertz CT molecular complexity index is 519. The van der Waals surface area contributed by atoms with Gasteiger partial charge in [-0.2, -0.15) is 0 Å². The number of pyridine rings is 1. The van der Waals surface area contributed by atoms with Gasteiger partial charge in [-0.1, -0.05) is 31.1 Å². The van der Waals surface area contributed by atoms with E-state index in [9.17, 15) is 4.79 Å². The summed E-state index contributed by atoms with van der Waals surface area (Å²) in [6, 6.07) is 3.51. The van der Waals surface area contributed by atoms with Crippen molar-refractivity contribution in [2.45, 2.75) is 44.6 Å². The Morgan fingerprint density at radius 2 is 2.15 bits per heavy atom. The minimum atomic E-state index is -0.104. The lowest BCUT2D eigenvalue weighted by atomic mass is 9.83. The Morgan fingerprint density at radius 3 is 2.75 bits per heavy atom. The highest BCUT2D eigenvalue weighted by Crippen LogP contribution is 2.27. The van der Waals surface area contributed by atoms with Crippen LogP contribution in [-0.2, 0) is 0 Å². The molecule has 0 aromatic carbocycles. The third-order valence-electron chi connectivity index (χ3n) is 3.70. The van der Waals surface area contributed by atoms with Crippen molar-refractivity contribution < 1.29 is 4.79 Å². The highest BCUT2D eigenvalue weighted by Gasteiger charge is 2.28. The highest BCUT2D eigenvalue weighted by molar-refractivity contribution is 5.92. The van der Waals surface area contributed by atoms with Crippen LogP contribution in [0.5, 0.6) is 0 Å². The molecule has 1 heterocycles. The maximum Gasteiger partial charge on any atom is 0.270 e. The minimum Gasteiger partial charge on any atom is -0.346 e. The smallest absolute Gasteiger partial charge is 0.270 e. The first-order chi connectivity index (χ1) is 9.63. The predicted octanol–water partition coefficient (Wildman–Crippen LogP) is 1.84. The van der Waals surface area contributed by atoms with Gasteiger partial charge in [0.25, 0.3) is 5.91 Å². The lowest BCUT2D eigenvalue weighted by Gasteiger charge is -2.34. The summed E-state index contributed by atoms with van der Waals surface area (Å²) in [6.45, 7) is 2.44. The summed E-state index contributed by atoms with van der Waals surface area (Å²) in [7, 11) is 0. The van der Waals surface area contributed by atoms with E-state index in [2.05, 4.69) is 29.1 Å². The Morgan fingerprint density at radius 1 is 1.40 bits per heavy atom. The first kappa shape index (κ1) is 14.5. The van der Waals surface area contributed by atoms with Crippen LogP contribution in [0.3, 0.4) is 0 Å². The van der Waals surface area contributed by atoms with Crippen LogP contribution in [0.4, 0.5) is 0 Å². The molecule has 0 aliphatic heterocycles. The Kier molecular flexibility index (Phi) is 4.75. The third-order valence-corrected chi connectivity index (χ3v) is 3.70. The van der Waals surface area contributed by atoms with Crippen molar-refractivity contribution in [3.05, 3.63) is 29.6 Å². The van der Waals surface area contributed by atoms with Crippen molar-refractivity contribution >= 4 is 5.91 Å². The Hall–Kier alpha value is -1.86. The van der Waals surface area contributed by atoms with Crippen molar-refractivity contribution in [1.29, 1.82) is 0 Å². The van der Waals surface area contributed by atoms with Crippen LogP contribution in [0, 0.1) is 11.8 Å². The van der Waals surface area contributed by atoms with E-state index in [1.807, 2.05) is 0 Å². The molecule has 2 rings (SSSR count). The van der Waals surface area contributed by atoms with Crippen LogP contribution in [0.2, 0.25) is 0 Å². The first-order valence-corrected chi connectivity index (χ1v) is 7.10. The fraction of sp³-hybridized carbons (Fsp3) is 0.500. The lowest BCUT2D eigenvalue weighted by Crippen LogP contribution is -2.47. The zero-order valence-electron chi connectivity index (χ0n) is 11.9. The lowest BCUT2D eigenvalue weighted by molar-refractivity contribution is 0.0877. The molecule has 106 valence electrons. The van der Waals surface area contributed by atoms with Crippen LogP contribution < -0.4 is 11.1 Å². The summed E-state index contributed by atoms with van der Waals surface area (Å²) in [5.41, 5.74) is 6.44. The topological polar surface area (TPSA) is 68.0 Å². The van der Waals surface area contributed by atoms with Crippen LogP contribution in [-0.4, -0.2) is 23.0 Å². The summed E-state index contributed by atoms with van der Waals surface area (Å²) in [5.74, 6) is 5.55. The minimum absolute atomic E-state index is 0.0883. The molecule has 0 unspecified atom stereocenters. The molecule has 1 aliphatic rings. The number of nitrogens with one attached hydrogen (secondary N) is 1. The maximum atomic E-state index is 12.2. The van der Waals surface area contributed by atoms with Gasteiger partial charge in [-0.3, -0.25) is 4.79 Å². The van der Waals surface area contributed by atoms with Crippen LogP contribution in [0.25, 0.3) is 0 Å². The monoisotopic (exact) mass is 271 g/mol. The normalized spacial score (nSPS) is 16.9. The summed E-state index contributed by atoms with van der Waals surface area (Å²) in [6.07, 6.45) is 7.31. The molecule has 1 aliphatic carbocycles.